The zero-order valence-corrected chi connectivity index (χ0v) is 20.2. The van der Waals surface area contributed by atoms with E-state index in [0.29, 0.717) is 36.1 Å². The van der Waals surface area contributed by atoms with Crippen molar-refractivity contribution in [2.24, 2.45) is 0 Å². The molecular formula is C27H25N3O4S. The van der Waals surface area contributed by atoms with Gasteiger partial charge in [0, 0.05) is 41.2 Å². The maximum Gasteiger partial charge on any atom is 0.248 e. The molecular weight excluding hydrogens is 462 g/mol. The molecule has 8 heteroatoms. The van der Waals surface area contributed by atoms with E-state index in [1.807, 2.05) is 48.7 Å². The number of anilines is 1. The highest BCUT2D eigenvalue weighted by Gasteiger charge is 2.09. The minimum atomic E-state index is -0.278. The number of nitrogens with zero attached hydrogens (tertiary/aromatic N) is 2. The Morgan fingerprint density at radius 3 is 2.57 bits per heavy atom. The summed E-state index contributed by atoms with van der Waals surface area (Å²) < 4.78 is 17.2. The van der Waals surface area contributed by atoms with Crippen molar-refractivity contribution in [1.29, 1.82) is 0 Å². The number of aryl methyl sites for hydroxylation is 1. The van der Waals surface area contributed by atoms with Crippen LogP contribution < -0.4 is 19.5 Å². The molecule has 0 saturated carbocycles. The molecule has 1 N–H and O–H groups in total. The van der Waals surface area contributed by atoms with E-state index in [1.165, 1.54) is 6.08 Å². The molecule has 2 heterocycles. The number of carbonyl (C=O) groups excluding carboxylic acids is 1. The summed E-state index contributed by atoms with van der Waals surface area (Å²) in [5.74, 6) is 1.51. The number of hydrogen-bond acceptors (Lipinski definition) is 7. The van der Waals surface area contributed by atoms with Crippen LogP contribution in [0.4, 0.5) is 5.69 Å². The van der Waals surface area contributed by atoms with Crippen molar-refractivity contribution >= 4 is 29.0 Å². The minimum Gasteiger partial charge on any atom is -0.493 e. The molecule has 1 amide bonds. The predicted molar refractivity (Wildman–Crippen MR) is 137 cm³/mol. The fourth-order valence-electron chi connectivity index (χ4n) is 3.23. The lowest BCUT2D eigenvalue weighted by atomic mass is 10.2. The highest BCUT2D eigenvalue weighted by molar-refractivity contribution is 7.09. The van der Waals surface area contributed by atoms with E-state index >= 15 is 0 Å². The summed E-state index contributed by atoms with van der Waals surface area (Å²) in [6.45, 7) is 2.69. The van der Waals surface area contributed by atoms with E-state index in [0.717, 1.165) is 21.8 Å². The Labute approximate surface area is 208 Å². The van der Waals surface area contributed by atoms with Gasteiger partial charge in [0.25, 0.3) is 0 Å². The van der Waals surface area contributed by atoms with Gasteiger partial charge >= 0.3 is 0 Å². The average molecular weight is 488 g/mol. The molecule has 0 spiro atoms. The van der Waals surface area contributed by atoms with Crippen molar-refractivity contribution in [3.63, 3.8) is 0 Å². The van der Waals surface area contributed by atoms with Crippen LogP contribution in [0.15, 0.2) is 78.4 Å². The van der Waals surface area contributed by atoms with Crippen LogP contribution in [0, 0.1) is 6.92 Å². The number of hydrogen-bond donors (Lipinski definition) is 1. The summed E-state index contributed by atoms with van der Waals surface area (Å²) in [4.78, 5) is 21.0. The summed E-state index contributed by atoms with van der Waals surface area (Å²) in [5.41, 5.74) is 3.25. The quantitative estimate of drug-likeness (QED) is 0.291. The van der Waals surface area contributed by atoms with Gasteiger partial charge in [0.05, 0.1) is 17.8 Å². The third-order valence-corrected chi connectivity index (χ3v) is 5.77. The Bertz CT molecular complexity index is 1300. The third-order valence-electron chi connectivity index (χ3n) is 4.95. The van der Waals surface area contributed by atoms with E-state index in [4.69, 9.17) is 14.2 Å². The molecule has 0 atom stereocenters. The van der Waals surface area contributed by atoms with Crippen molar-refractivity contribution in [2.45, 2.75) is 20.1 Å². The third kappa shape index (κ3) is 6.91. The molecule has 4 aromatic rings. The molecule has 0 bridgehead atoms. The lowest BCUT2D eigenvalue weighted by Crippen LogP contribution is -2.08. The number of carbonyl (C=O) groups is 1. The molecule has 0 aliphatic rings. The van der Waals surface area contributed by atoms with Crippen LogP contribution in [-0.4, -0.2) is 23.0 Å². The molecule has 2 aromatic carbocycles. The molecule has 7 nitrogen and oxygen atoms in total. The molecule has 0 radical (unpaired) electrons. The highest BCUT2D eigenvalue weighted by Crippen LogP contribution is 2.31. The van der Waals surface area contributed by atoms with Crippen molar-refractivity contribution in [3.8, 4) is 17.2 Å². The SMILES string of the molecule is COc1ccc(NC(=O)/C=C/c2ccccc2OCc2csc(C)n2)cc1OCc1ccncc1. The second kappa shape index (κ2) is 11.8. The number of aromatic nitrogens is 2. The number of ether oxygens (including phenoxy) is 3. The molecule has 178 valence electrons. The van der Waals surface area contributed by atoms with E-state index < -0.39 is 0 Å². The summed E-state index contributed by atoms with van der Waals surface area (Å²) >= 11 is 1.59. The van der Waals surface area contributed by atoms with Crippen molar-refractivity contribution in [2.75, 3.05) is 12.4 Å². The topological polar surface area (TPSA) is 82.6 Å². The van der Waals surface area contributed by atoms with E-state index in [2.05, 4.69) is 15.3 Å². The van der Waals surface area contributed by atoms with Gasteiger partial charge in [0.15, 0.2) is 11.5 Å². The number of para-hydroxylation sites is 1. The number of rotatable bonds is 10. The molecule has 0 aliphatic carbocycles. The van der Waals surface area contributed by atoms with E-state index in [9.17, 15) is 4.79 Å². The van der Waals surface area contributed by atoms with Gasteiger partial charge in [-0.1, -0.05) is 18.2 Å². The van der Waals surface area contributed by atoms with Gasteiger partial charge in [0.2, 0.25) is 5.91 Å². The number of methoxy groups -OCH3 is 1. The number of benzene rings is 2. The maximum absolute atomic E-state index is 12.6. The standard InChI is InChI=1S/C27H25N3O4S/c1-19-29-23(18-35-19)17-34-24-6-4-3-5-21(24)7-10-27(31)30-22-8-9-25(32-2)26(15-22)33-16-20-11-13-28-14-12-20/h3-15,18H,16-17H2,1-2H3,(H,30,31)/b10-7+. The number of thiazole rings is 1. The second-order valence-electron chi connectivity index (χ2n) is 7.52. The number of amides is 1. The Morgan fingerprint density at radius 2 is 1.80 bits per heavy atom. The summed E-state index contributed by atoms with van der Waals surface area (Å²) in [6, 6.07) is 16.6. The van der Waals surface area contributed by atoms with Crippen LogP contribution in [-0.2, 0) is 18.0 Å². The van der Waals surface area contributed by atoms with Gasteiger partial charge in [0.1, 0.15) is 19.0 Å². The minimum absolute atomic E-state index is 0.278. The molecule has 0 unspecified atom stereocenters. The first-order chi connectivity index (χ1) is 17.1. The monoisotopic (exact) mass is 487 g/mol. The molecule has 0 fully saturated rings. The summed E-state index contributed by atoms with van der Waals surface area (Å²) in [6.07, 6.45) is 6.61. The van der Waals surface area contributed by atoms with Crippen molar-refractivity contribution in [3.05, 3.63) is 100 Å². The highest BCUT2D eigenvalue weighted by atomic mass is 32.1. The summed E-state index contributed by atoms with van der Waals surface area (Å²) in [5, 5.41) is 5.84. The van der Waals surface area contributed by atoms with Gasteiger partial charge < -0.3 is 19.5 Å². The normalized spacial score (nSPS) is 10.8. The van der Waals surface area contributed by atoms with Crippen LogP contribution in [0.25, 0.3) is 6.08 Å². The Balaban J connectivity index is 1.39. The smallest absolute Gasteiger partial charge is 0.248 e. The first kappa shape index (κ1) is 24.0. The Kier molecular flexibility index (Phi) is 8.08. The largest absolute Gasteiger partial charge is 0.493 e. The van der Waals surface area contributed by atoms with E-state index in [-0.39, 0.29) is 5.91 Å². The number of nitrogens with one attached hydrogen (secondary N) is 1. The first-order valence-electron chi connectivity index (χ1n) is 10.9. The molecule has 2 aromatic heterocycles. The van der Waals surface area contributed by atoms with Crippen molar-refractivity contribution in [1.82, 2.24) is 9.97 Å². The summed E-state index contributed by atoms with van der Waals surface area (Å²) in [7, 11) is 1.57. The molecule has 35 heavy (non-hydrogen) atoms. The van der Waals surface area contributed by atoms with Crippen molar-refractivity contribution < 1.29 is 19.0 Å². The van der Waals surface area contributed by atoms with Crippen LogP contribution in [0.2, 0.25) is 0 Å². The van der Waals surface area contributed by atoms with Gasteiger partial charge in [-0.05, 0) is 48.9 Å². The fourth-order valence-corrected chi connectivity index (χ4v) is 3.83. The molecule has 0 aliphatic heterocycles. The van der Waals surface area contributed by atoms with E-state index in [1.54, 1.807) is 55.1 Å². The van der Waals surface area contributed by atoms with Gasteiger partial charge in [-0.2, -0.15) is 0 Å². The van der Waals surface area contributed by atoms with Gasteiger partial charge in [-0.25, -0.2) is 4.98 Å². The Morgan fingerprint density at radius 1 is 1.00 bits per heavy atom. The zero-order valence-electron chi connectivity index (χ0n) is 19.4. The molecule has 4 rings (SSSR count). The second-order valence-corrected chi connectivity index (χ2v) is 8.58. The lowest BCUT2D eigenvalue weighted by molar-refractivity contribution is -0.111. The van der Waals surface area contributed by atoms with Gasteiger partial charge in [-0.15, -0.1) is 11.3 Å². The van der Waals surface area contributed by atoms with Crippen LogP contribution >= 0.6 is 11.3 Å². The zero-order chi connectivity index (χ0) is 24.5. The predicted octanol–water partition coefficient (Wildman–Crippen LogP) is 5.67. The Hall–Kier alpha value is -4.17. The average Bonchev–Trinajstić information content (AvgIpc) is 3.31. The fraction of sp³-hybridized carbons (Fsp3) is 0.148. The van der Waals surface area contributed by atoms with Crippen LogP contribution in [0.1, 0.15) is 21.8 Å². The van der Waals surface area contributed by atoms with Crippen LogP contribution in [0.3, 0.4) is 0 Å². The number of pyridine rings is 1. The van der Waals surface area contributed by atoms with Crippen LogP contribution in [0.5, 0.6) is 17.2 Å². The lowest BCUT2D eigenvalue weighted by Gasteiger charge is -2.12. The first-order valence-corrected chi connectivity index (χ1v) is 11.8. The molecule has 0 saturated heterocycles. The maximum atomic E-state index is 12.6. The van der Waals surface area contributed by atoms with Gasteiger partial charge in [-0.3, -0.25) is 9.78 Å².